The lowest BCUT2D eigenvalue weighted by Crippen LogP contribution is -2.38. The van der Waals surface area contributed by atoms with Gasteiger partial charge in [-0.2, -0.15) is 0 Å². The van der Waals surface area contributed by atoms with Crippen molar-refractivity contribution in [2.45, 2.75) is 50.5 Å². The molecule has 3 N–H and O–H groups in total. The Morgan fingerprint density at radius 3 is 2.85 bits per heavy atom. The SMILES string of the molecule is NC1CCCC1CNC(=O)C1CCCc2ccccc21. The molecule has 1 saturated carbocycles. The van der Waals surface area contributed by atoms with Gasteiger partial charge in [-0.1, -0.05) is 30.7 Å². The van der Waals surface area contributed by atoms with Crippen molar-refractivity contribution in [2.24, 2.45) is 11.7 Å². The first kappa shape index (κ1) is 13.6. The van der Waals surface area contributed by atoms with Crippen molar-refractivity contribution in [3.63, 3.8) is 0 Å². The molecule has 1 aromatic carbocycles. The van der Waals surface area contributed by atoms with Crippen LogP contribution in [0.5, 0.6) is 0 Å². The summed E-state index contributed by atoms with van der Waals surface area (Å²) in [5.41, 5.74) is 8.64. The Labute approximate surface area is 120 Å². The molecule has 20 heavy (non-hydrogen) atoms. The van der Waals surface area contributed by atoms with Crippen LogP contribution in [0.1, 0.15) is 49.1 Å². The van der Waals surface area contributed by atoms with Gasteiger partial charge in [-0.25, -0.2) is 0 Å². The molecular formula is C17H24N2O. The third kappa shape index (κ3) is 2.73. The van der Waals surface area contributed by atoms with Gasteiger partial charge in [0.2, 0.25) is 5.91 Å². The monoisotopic (exact) mass is 272 g/mol. The summed E-state index contributed by atoms with van der Waals surface area (Å²) in [6.45, 7) is 0.749. The molecule has 3 unspecified atom stereocenters. The number of fused-ring (bicyclic) bond motifs is 1. The third-order valence-corrected chi connectivity index (χ3v) is 4.94. The van der Waals surface area contributed by atoms with Crippen LogP contribution in [-0.4, -0.2) is 18.5 Å². The van der Waals surface area contributed by atoms with Gasteiger partial charge in [0, 0.05) is 12.6 Å². The predicted molar refractivity (Wildman–Crippen MR) is 80.4 cm³/mol. The molecule has 3 heteroatoms. The first-order valence-corrected chi connectivity index (χ1v) is 7.87. The van der Waals surface area contributed by atoms with E-state index in [0.29, 0.717) is 5.92 Å². The standard InChI is InChI=1S/C17H24N2O/c18-16-10-4-7-13(16)11-19-17(20)15-9-3-6-12-5-1-2-8-14(12)15/h1-2,5,8,13,15-16H,3-4,6-7,9-11,18H2,(H,19,20). The quantitative estimate of drug-likeness (QED) is 0.887. The lowest BCUT2D eigenvalue weighted by atomic mass is 9.82. The first-order valence-electron chi connectivity index (χ1n) is 7.87. The van der Waals surface area contributed by atoms with Crippen molar-refractivity contribution >= 4 is 5.91 Å². The van der Waals surface area contributed by atoms with Crippen LogP contribution >= 0.6 is 0 Å². The van der Waals surface area contributed by atoms with Crippen LogP contribution in [0.15, 0.2) is 24.3 Å². The summed E-state index contributed by atoms with van der Waals surface area (Å²) in [7, 11) is 0. The average molecular weight is 272 g/mol. The Hall–Kier alpha value is -1.35. The average Bonchev–Trinajstić information content (AvgIpc) is 2.89. The number of nitrogens with two attached hydrogens (primary N) is 1. The third-order valence-electron chi connectivity index (χ3n) is 4.94. The maximum atomic E-state index is 12.5. The number of amides is 1. The molecule has 0 bridgehead atoms. The number of rotatable bonds is 3. The van der Waals surface area contributed by atoms with Gasteiger partial charge in [-0.15, -0.1) is 0 Å². The second-order valence-corrected chi connectivity index (χ2v) is 6.24. The van der Waals surface area contributed by atoms with Crippen LogP contribution in [0.2, 0.25) is 0 Å². The number of nitrogens with one attached hydrogen (secondary N) is 1. The Balaban J connectivity index is 1.63. The minimum Gasteiger partial charge on any atom is -0.355 e. The van der Waals surface area contributed by atoms with E-state index in [1.165, 1.54) is 17.5 Å². The van der Waals surface area contributed by atoms with Crippen LogP contribution < -0.4 is 11.1 Å². The molecule has 0 saturated heterocycles. The second kappa shape index (κ2) is 5.96. The minimum absolute atomic E-state index is 0.0394. The summed E-state index contributed by atoms with van der Waals surface area (Å²) in [5, 5.41) is 3.15. The molecule has 3 atom stereocenters. The molecule has 0 aliphatic heterocycles. The van der Waals surface area contributed by atoms with Crippen LogP contribution in [0.3, 0.4) is 0 Å². The molecule has 3 nitrogen and oxygen atoms in total. The predicted octanol–water partition coefficient (Wildman–Crippen LogP) is 2.35. The molecule has 0 spiro atoms. The van der Waals surface area contributed by atoms with Crippen LogP contribution in [0.4, 0.5) is 0 Å². The van der Waals surface area contributed by atoms with Crippen LogP contribution in [-0.2, 0) is 11.2 Å². The molecule has 108 valence electrons. The Bertz CT molecular complexity index is 486. The van der Waals surface area contributed by atoms with Gasteiger partial charge >= 0.3 is 0 Å². The summed E-state index contributed by atoms with van der Waals surface area (Å²) in [6.07, 6.45) is 6.65. The van der Waals surface area contributed by atoms with Gasteiger partial charge in [0.15, 0.2) is 0 Å². The number of benzene rings is 1. The van der Waals surface area contributed by atoms with Crippen molar-refractivity contribution in [3.8, 4) is 0 Å². The zero-order valence-electron chi connectivity index (χ0n) is 12.0. The lowest BCUT2D eigenvalue weighted by Gasteiger charge is -2.25. The second-order valence-electron chi connectivity index (χ2n) is 6.24. The number of aryl methyl sites for hydroxylation is 1. The summed E-state index contributed by atoms with van der Waals surface area (Å²) in [4.78, 5) is 12.5. The fraction of sp³-hybridized carbons (Fsp3) is 0.588. The Morgan fingerprint density at radius 1 is 1.20 bits per heavy atom. The maximum absolute atomic E-state index is 12.5. The maximum Gasteiger partial charge on any atom is 0.227 e. The van der Waals surface area contributed by atoms with Gasteiger partial charge in [-0.3, -0.25) is 4.79 Å². The lowest BCUT2D eigenvalue weighted by molar-refractivity contribution is -0.123. The first-order chi connectivity index (χ1) is 9.75. The molecule has 1 amide bonds. The molecule has 2 aliphatic carbocycles. The van der Waals surface area contributed by atoms with E-state index in [-0.39, 0.29) is 17.9 Å². The molecule has 3 rings (SSSR count). The van der Waals surface area contributed by atoms with Crippen LogP contribution in [0, 0.1) is 5.92 Å². The summed E-state index contributed by atoms with van der Waals surface area (Å²) in [5.74, 6) is 0.701. The van der Waals surface area contributed by atoms with Gasteiger partial charge < -0.3 is 11.1 Å². The van der Waals surface area contributed by atoms with Gasteiger partial charge in [-0.05, 0) is 49.1 Å². The molecule has 0 radical (unpaired) electrons. The highest BCUT2D eigenvalue weighted by Crippen LogP contribution is 2.31. The van der Waals surface area contributed by atoms with Crippen LogP contribution in [0.25, 0.3) is 0 Å². The zero-order chi connectivity index (χ0) is 13.9. The van der Waals surface area contributed by atoms with E-state index in [4.69, 9.17) is 5.73 Å². The zero-order valence-corrected chi connectivity index (χ0v) is 12.0. The topological polar surface area (TPSA) is 55.1 Å². The summed E-state index contributed by atoms with van der Waals surface area (Å²) < 4.78 is 0. The number of hydrogen-bond acceptors (Lipinski definition) is 2. The van der Waals surface area contributed by atoms with E-state index in [2.05, 4.69) is 23.5 Å². The van der Waals surface area contributed by atoms with Crippen molar-refractivity contribution < 1.29 is 4.79 Å². The van der Waals surface area contributed by atoms with E-state index in [9.17, 15) is 4.79 Å². The highest BCUT2D eigenvalue weighted by Gasteiger charge is 2.28. The molecule has 1 fully saturated rings. The largest absolute Gasteiger partial charge is 0.355 e. The van der Waals surface area contributed by atoms with Crippen molar-refractivity contribution in [1.29, 1.82) is 0 Å². The Kier molecular flexibility index (Phi) is 4.06. The van der Waals surface area contributed by atoms with Gasteiger partial charge in [0.1, 0.15) is 0 Å². The number of carbonyl (C=O) groups is 1. The molecular weight excluding hydrogens is 248 g/mol. The van der Waals surface area contributed by atoms with Gasteiger partial charge in [0.05, 0.1) is 5.92 Å². The fourth-order valence-corrected chi connectivity index (χ4v) is 3.70. The number of carbonyl (C=O) groups excluding carboxylic acids is 1. The fourth-order valence-electron chi connectivity index (χ4n) is 3.70. The highest BCUT2D eigenvalue weighted by atomic mass is 16.1. The van der Waals surface area contributed by atoms with E-state index in [1.54, 1.807) is 0 Å². The molecule has 1 aromatic rings. The minimum atomic E-state index is 0.0394. The summed E-state index contributed by atoms with van der Waals surface area (Å²) >= 11 is 0. The van der Waals surface area contributed by atoms with Gasteiger partial charge in [0.25, 0.3) is 0 Å². The van der Waals surface area contributed by atoms with Crippen molar-refractivity contribution in [3.05, 3.63) is 35.4 Å². The highest BCUT2D eigenvalue weighted by molar-refractivity contribution is 5.84. The summed E-state index contributed by atoms with van der Waals surface area (Å²) in [6, 6.07) is 8.64. The van der Waals surface area contributed by atoms with E-state index in [1.807, 2.05) is 6.07 Å². The van der Waals surface area contributed by atoms with E-state index >= 15 is 0 Å². The van der Waals surface area contributed by atoms with Crippen molar-refractivity contribution in [1.82, 2.24) is 5.32 Å². The molecule has 0 aromatic heterocycles. The van der Waals surface area contributed by atoms with E-state index < -0.39 is 0 Å². The molecule has 0 heterocycles. The van der Waals surface area contributed by atoms with Crippen molar-refractivity contribution in [2.75, 3.05) is 6.54 Å². The smallest absolute Gasteiger partial charge is 0.227 e. The normalized spacial score (nSPS) is 28.9. The van der Waals surface area contributed by atoms with E-state index in [0.717, 1.165) is 38.6 Å². The molecule has 2 aliphatic rings. The Morgan fingerprint density at radius 2 is 2.05 bits per heavy atom. The number of hydrogen-bond donors (Lipinski definition) is 2.